The van der Waals surface area contributed by atoms with E-state index >= 15 is 0 Å². The van der Waals surface area contributed by atoms with Crippen LogP contribution in [-0.4, -0.2) is 50.0 Å². The lowest BCUT2D eigenvalue weighted by molar-refractivity contribution is 0.210. The molecule has 0 unspecified atom stereocenters. The molecule has 6 rings (SSSR count). The molecular weight excluding hydrogens is 502 g/mol. The molecule has 6 N–H and O–H groups in total. The van der Waals surface area contributed by atoms with Gasteiger partial charge in [-0.3, -0.25) is 9.99 Å². The van der Waals surface area contributed by atoms with Crippen molar-refractivity contribution in [3.8, 4) is 11.4 Å². The van der Waals surface area contributed by atoms with Crippen LogP contribution in [-0.2, 0) is 0 Å². The van der Waals surface area contributed by atoms with E-state index in [0.29, 0.717) is 23.4 Å². The van der Waals surface area contributed by atoms with Crippen LogP contribution < -0.4 is 27.2 Å². The fraction of sp³-hybridized carbons (Fsp3) is 0.379. The summed E-state index contributed by atoms with van der Waals surface area (Å²) < 4.78 is 0. The van der Waals surface area contributed by atoms with Gasteiger partial charge in [-0.05, 0) is 67.0 Å². The van der Waals surface area contributed by atoms with Gasteiger partial charge in [0.25, 0.3) is 0 Å². The van der Waals surface area contributed by atoms with Crippen LogP contribution in [0.4, 0.5) is 17.5 Å². The Labute approximate surface area is 233 Å². The molecule has 1 aliphatic carbocycles. The van der Waals surface area contributed by atoms with Gasteiger partial charge in [-0.15, -0.1) is 0 Å². The molecule has 11 heteroatoms. The summed E-state index contributed by atoms with van der Waals surface area (Å²) >= 11 is 0. The molecule has 0 amide bonds. The van der Waals surface area contributed by atoms with Crippen LogP contribution >= 0.6 is 0 Å². The van der Waals surface area contributed by atoms with Crippen molar-refractivity contribution in [2.75, 3.05) is 23.4 Å². The molecule has 4 aromatic heterocycles. The molecule has 0 radical (unpaired) electrons. The van der Waals surface area contributed by atoms with Gasteiger partial charge in [-0.2, -0.15) is 4.99 Å². The van der Waals surface area contributed by atoms with Crippen molar-refractivity contribution in [3.63, 3.8) is 0 Å². The number of anilines is 2. The molecule has 0 bridgehead atoms. The molecule has 1 saturated carbocycles. The Morgan fingerprint density at radius 3 is 2.73 bits per heavy atom. The Bertz CT molecular complexity index is 1530. The molecule has 4 aromatic rings. The molecule has 1 atom stereocenters. The van der Waals surface area contributed by atoms with Crippen molar-refractivity contribution in [1.82, 2.24) is 30.2 Å². The summed E-state index contributed by atoms with van der Waals surface area (Å²) in [5.74, 6) is 9.93. The van der Waals surface area contributed by atoms with Gasteiger partial charge >= 0.3 is 0 Å². The summed E-state index contributed by atoms with van der Waals surface area (Å²) in [4.78, 5) is 27.5. The molecule has 0 spiro atoms. The maximum absolute atomic E-state index is 6.99. The first-order valence-corrected chi connectivity index (χ1v) is 13.8. The summed E-state index contributed by atoms with van der Waals surface area (Å²) in [7, 11) is 0. The van der Waals surface area contributed by atoms with Gasteiger partial charge in [0.1, 0.15) is 5.82 Å². The van der Waals surface area contributed by atoms with Gasteiger partial charge in [0.2, 0.25) is 5.96 Å². The zero-order chi connectivity index (χ0) is 27.7. The molecule has 2 aliphatic rings. The van der Waals surface area contributed by atoms with Gasteiger partial charge < -0.3 is 16.4 Å². The number of rotatable bonds is 6. The number of nitrogens with two attached hydrogens (primary N) is 2. The Morgan fingerprint density at radius 2 is 1.98 bits per heavy atom. The van der Waals surface area contributed by atoms with Crippen molar-refractivity contribution in [2.45, 2.75) is 51.5 Å². The van der Waals surface area contributed by atoms with E-state index in [1.54, 1.807) is 18.5 Å². The fourth-order valence-corrected chi connectivity index (χ4v) is 5.60. The summed E-state index contributed by atoms with van der Waals surface area (Å²) in [6.07, 6.45) is 11.6. The fourth-order valence-electron chi connectivity index (χ4n) is 5.60. The molecular formula is C29H35N11. The monoisotopic (exact) mass is 537 g/mol. The minimum atomic E-state index is -0.0354. The number of hydrogen-bond donors (Lipinski definition) is 4. The number of pyridine rings is 3. The predicted octanol–water partition coefficient (Wildman–Crippen LogP) is 3.88. The molecule has 11 nitrogen and oxygen atoms in total. The second-order valence-electron chi connectivity index (χ2n) is 11.2. The number of hydrazine groups is 1. The number of piperidine rings is 1. The van der Waals surface area contributed by atoms with Crippen LogP contribution in [0.3, 0.4) is 0 Å². The maximum atomic E-state index is 6.99. The Morgan fingerprint density at radius 1 is 1.10 bits per heavy atom. The number of nitrogens with one attached hydrogen (secondary N) is 2. The van der Waals surface area contributed by atoms with Gasteiger partial charge in [-0.1, -0.05) is 26.3 Å². The number of guanidine groups is 1. The summed E-state index contributed by atoms with van der Waals surface area (Å²) in [6.45, 7) is 6.30. The van der Waals surface area contributed by atoms with Crippen molar-refractivity contribution in [1.29, 1.82) is 0 Å². The first-order chi connectivity index (χ1) is 19.4. The predicted molar refractivity (Wildman–Crippen MR) is 158 cm³/mol. The van der Waals surface area contributed by atoms with Crippen LogP contribution in [0.5, 0.6) is 0 Å². The molecule has 1 aliphatic heterocycles. The van der Waals surface area contributed by atoms with Crippen LogP contribution in [0.15, 0.2) is 60.1 Å². The third kappa shape index (κ3) is 5.17. The van der Waals surface area contributed by atoms with Crippen molar-refractivity contribution in [2.24, 2.45) is 22.0 Å². The van der Waals surface area contributed by atoms with Gasteiger partial charge in [0, 0.05) is 30.7 Å². The number of aliphatic imine (C=N–C) groups is 1. The van der Waals surface area contributed by atoms with E-state index in [2.05, 4.69) is 44.4 Å². The highest BCUT2D eigenvalue weighted by molar-refractivity contribution is 5.95. The zero-order valence-corrected chi connectivity index (χ0v) is 22.9. The third-order valence-electron chi connectivity index (χ3n) is 7.98. The second kappa shape index (κ2) is 10.7. The number of aromatic nitrogens is 5. The van der Waals surface area contributed by atoms with E-state index < -0.39 is 0 Å². The van der Waals surface area contributed by atoms with Crippen LogP contribution in [0, 0.1) is 5.41 Å². The quantitative estimate of drug-likeness (QED) is 0.123. The molecule has 5 heterocycles. The first-order valence-electron chi connectivity index (χ1n) is 13.8. The summed E-state index contributed by atoms with van der Waals surface area (Å²) in [5.41, 5.74) is 8.84. The Kier molecular flexibility index (Phi) is 6.99. The number of hydrogen-bond acceptors (Lipinski definition) is 9. The number of fused-ring (bicyclic) bond motifs is 1. The third-order valence-corrected chi connectivity index (χ3v) is 7.98. The topological polar surface area (TPSA) is 156 Å². The highest BCUT2D eigenvalue weighted by Gasteiger charge is 2.37. The van der Waals surface area contributed by atoms with E-state index in [-0.39, 0.29) is 17.4 Å². The standard InChI is InChI=1S/C29H35N11/c1-29(2)17-32-12-10-22(29)40(31)27-25-20(18-6-5-7-18)15-33-16-21(25)36-26(39-27)19-9-13-35-24(14-19)38-28(30)37-23-8-3-4-11-34-23/h3-4,8-9,11,13-16,18,22,32H,5-7,10,12,17,31H2,1-2H3,(H3,30,34,35,37,38)/t22-/m0/s1. The van der Waals surface area contributed by atoms with Crippen LogP contribution in [0.25, 0.3) is 22.3 Å². The second-order valence-corrected chi connectivity index (χ2v) is 11.2. The maximum Gasteiger partial charge on any atom is 0.201 e. The number of nitrogens with zero attached hydrogens (tertiary/aromatic N) is 7. The Balaban J connectivity index is 1.41. The highest BCUT2D eigenvalue weighted by atomic mass is 15.5. The van der Waals surface area contributed by atoms with E-state index in [0.717, 1.165) is 54.6 Å². The Hall–Kier alpha value is -4.22. The van der Waals surface area contributed by atoms with Crippen molar-refractivity contribution >= 4 is 34.3 Å². The molecule has 0 aromatic carbocycles. The summed E-state index contributed by atoms with van der Waals surface area (Å²) in [5, 5.41) is 9.43. The average Bonchev–Trinajstić information content (AvgIpc) is 2.92. The van der Waals surface area contributed by atoms with E-state index in [9.17, 15) is 0 Å². The lowest BCUT2D eigenvalue weighted by atomic mass is 9.78. The lowest BCUT2D eigenvalue weighted by Crippen LogP contribution is -2.57. The largest absolute Gasteiger partial charge is 0.369 e. The van der Waals surface area contributed by atoms with E-state index in [1.165, 1.54) is 12.0 Å². The van der Waals surface area contributed by atoms with Gasteiger partial charge in [0.05, 0.1) is 23.1 Å². The minimum absolute atomic E-state index is 0.0354. The molecule has 2 fully saturated rings. The highest BCUT2D eigenvalue weighted by Crippen LogP contribution is 2.43. The molecule has 206 valence electrons. The van der Waals surface area contributed by atoms with Crippen LogP contribution in [0.2, 0.25) is 0 Å². The molecule has 1 saturated heterocycles. The normalized spacial score (nSPS) is 19.3. The first kappa shape index (κ1) is 26.0. The van der Waals surface area contributed by atoms with Crippen molar-refractivity contribution in [3.05, 3.63) is 60.7 Å². The SMILES string of the molecule is CC1(C)CNCC[C@@H]1N(N)c1nc(-c2ccnc(NC(N)=Nc3ccccn3)c2)nc2cncc(C3CCC3)c12. The summed E-state index contributed by atoms with van der Waals surface area (Å²) in [6, 6.07) is 9.29. The lowest BCUT2D eigenvalue weighted by Gasteiger charge is -2.44. The minimum Gasteiger partial charge on any atom is -0.369 e. The van der Waals surface area contributed by atoms with Gasteiger partial charge in [0.15, 0.2) is 17.5 Å². The van der Waals surface area contributed by atoms with E-state index in [1.807, 2.05) is 41.7 Å². The van der Waals surface area contributed by atoms with Crippen LogP contribution in [0.1, 0.15) is 51.0 Å². The average molecular weight is 538 g/mol. The van der Waals surface area contributed by atoms with E-state index in [4.69, 9.17) is 21.5 Å². The molecule has 40 heavy (non-hydrogen) atoms. The smallest absolute Gasteiger partial charge is 0.201 e. The zero-order valence-electron chi connectivity index (χ0n) is 22.9. The van der Waals surface area contributed by atoms with Crippen molar-refractivity contribution < 1.29 is 0 Å². The van der Waals surface area contributed by atoms with Gasteiger partial charge in [-0.25, -0.2) is 25.8 Å².